The van der Waals surface area contributed by atoms with Crippen LogP contribution in [0.1, 0.15) is 23.1 Å². The standard InChI is InChI=1S/C20H19N3O2S/c1-22(15-7-3-2-4-8-15)14-20(24)23-17(18-9-5-11-25-18)13-16(21-23)19-10-6-12-26-19/h2-12,17H,13-14H2,1H3. The Labute approximate surface area is 156 Å². The molecule has 0 saturated carbocycles. The number of carbonyl (C=O) groups is 1. The lowest BCUT2D eigenvalue weighted by molar-refractivity contribution is -0.131. The molecule has 1 amide bonds. The molecule has 1 unspecified atom stereocenters. The zero-order chi connectivity index (χ0) is 17.9. The minimum absolute atomic E-state index is 0.0516. The van der Waals surface area contributed by atoms with E-state index < -0.39 is 0 Å². The third-order valence-electron chi connectivity index (χ3n) is 4.41. The molecule has 0 fully saturated rings. The molecule has 1 aromatic carbocycles. The summed E-state index contributed by atoms with van der Waals surface area (Å²) in [6.07, 6.45) is 2.30. The highest BCUT2D eigenvalue weighted by molar-refractivity contribution is 7.12. The van der Waals surface area contributed by atoms with E-state index in [9.17, 15) is 4.79 Å². The van der Waals surface area contributed by atoms with Crippen molar-refractivity contribution in [3.63, 3.8) is 0 Å². The molecule has 0 aliphatic carbocycles. The molecule has 0 bridgehead atoms. The first-order valence-corrected chi connectivity index (χ1v) is 9.33. The molecule has 26 heavy (non-hydrogen) atoms. The zero-order valence-electron chi connectivity index (χ0n) is 14.4. The largest absolute Gasteiger partial charge is 0.467 e. The molecule has 0 saturated heterocycles. The fourth-order valence-corrected chi connectivity index (χ4v) is 3.80. The van der Waals surface area contributed by atoms with Crippen molar-refractivity contribution < 1.29 is 9.21 Å². The monoisotopic (exact) mass is 365 g/mol. The molecular formula is C20H19N3O2S. The van der Waals surface area contributed by atoms with E-state index in [0.29, 0.717) is 6.42 Å². The normalized spacial score (nSPS) is 16.6. The van der Waals surface area contributed by atoms with Gasteiger partial charge in [-0.2, -0.15) is 5.10 Å². The van der Waals surface area contributed by atoms with Gasteiger partial charge in [0.15, 0.2) is 0 Å². The van der Waals surface area contributed by atoms with Crippen molar-refractivity contribution in [1.82, 2.24) is 5.01 Å². The maximum Gasteiger partial charge on any atom is 0.262 e. The van der Waals surface area contributed by atoms with Crippen molar-refractivity contribution in [3.8, 4) is 0 Å². The van der Waals surface area contributed by atoms with Gasteiger partial charge >= 0.3 is 0 Å². The molecule has 1 aliphatic heterocycles. The van der Waals surface area contributed by atoms with Crippen LogP contribution in [0.25, 0.3) is 0 Å². The summed E-state index contributed by atoms with van der Waals surface area (Å²) >= 11 is 1.63. The Hall–Kier alpha value is -2.86. The van der Waals surface area contributed by atoms with Gasteiger partial charge in [0.1, 0.15) is 11.8 Å². The lowest BCUT2D eigenvalue weighted by Gasteiger charge is -2.24. The number of anilines is 1. The first-order valence-electron chi connectivity index (χ1n) is 8.45. The van der Waals surface area contributed by atoms with Crippen LogP contribution in [-0.4, -0.2) is 30.2 Å². The fourth-order valence-electron chi connectivity index (χ4n) is 3.08. The Bertz CT molecular complexity index is 889. The van der Waals surface area contributed by atoms with Gasteiger partial charge in [-0.1, -0.05) is 24.3 Å². The number of amides is 1. The van der Waals surface area contributed by atoms with Crippen LogP contribution < -0.4 is 4.90 Å². The van der Waals surface area contributed by atoms with Gasteiger partial charge in [0.25, 0.3) is 5.91 Å². The molecule has 3 aromatic rings. The van der Waals surface area contributed by atoms with Crippen molar-refractivity contribution in [2.75, 3.05) is 18.5 Å². The van der Waals surface area contributed by atoms with Crippen molar-refractivity contribution in [2.24, 2.45) is 5.10 Å². The Kier molecular flexibility index (Phi) is 4.58. The number of likely N-dealkylation sites (N-methyl/N-ethyl adjacent to an activating group) is 1. The van der Waals surface area contributed by atoms with Crippen LogP contribution in [0.5, 0.6) is 0 Å². The van der Waals surface area contributed by atoms with Crippen LogP contribution in [0, 0.1) is 0 Å². The Morgan fingerprint density at radius 2 is 2.08 bits per heavy atom. The van der Waals surface area contributed by atoms with Crippen LogP contribution in [0.15, 0.2) is 75.8 Å². The number of benzene rings is 1. The topological polar surface area (TPSA) is 49.1 Å². The predicted octanol–water partition coefficient (Wildman–Crippen LogP) is 4.16. The van der Waals surface area contributed by atoms with E-state index in [-0.39, 0.29) is 18.5 Å². The highest BCUT2D eigenvalue weighted by Crippen LogP contribution is 2.34. The van der Waals surface area contributed by atoms with Gasteiger partial charge in [-0.25, -0.2) is 5.01 Å². The average molecular weight is 365 g/mol. The number of rotatable bonds is 5. The second kappa shape index (κ2) is 7.17. The number of furan rings is 1. The van der Waals surface area contributed by atoms with E-state index in [1.807, 2.05) is 71.9 Å². The Balaban J connectivity index is 1.57. The molecule has 0 radical (unpaired) electrons. The molecule has 0 N–H and O–H groups in total. The third-order valence-corrected chi connectivity index (χ3v) is 5.33. The number of hydrogen-bond acceptors (Lipinski definition) is 5. The van der Waals surface area contributed by atoms with Crippen LogP contribution in [0.2, 0.25) is 0 Å². The summed E-state index contributed by atoms with van der Waals surface area (Å²) in [4.78, 5) is 16.0. The molecule has 1 atom stereocenters. The summed E-state index contributed by atoms with van der Waals surface area (Å²) in [5, 5.41) is 8.24. The Morgan fingerprint density at radius 3 is 2.77 bits per heavy atom. The van der Waals surface area contributed by atoms with E-state index in [0.717, 1.165) is 22.0 Å². The van der Waals surface area contributed by atoms with Crippen molar-refractivity contribution >= 4 is 28.6 Å². The maximum absolute atomic E-state index is 13.0. The quantitative estimate of drug-likeness (QED) is 0.682. The summed E-state index contributed by atoms with van der Waals surface area (Å²) in [6, 6.07) is 17.4. The van der Waals surface area contributed by atoms with Gasteiger partial charge in [0.2, 0.25) is 0 Å². The molecule has 1 aliphatic rings. The first-order chi connectivity index (χ1) is 12.7. The number of carbonyl (C=O) groups excluding carboxylic acids is 1. The molecule has 0 spiro atoms. The zero-order valence-corrected chi connectivity index (χ0v) is 15.2. The molecular weight excluding hydrogens is 346 g/mol. The van der Waals surface area contributed by atoms with Gasteiger partial charge in [-0.15, -0.1) is 11.3 Å². The number of hydrazone groups is 1. The maximum atomic E-state index is 13.0. The molecule has 2 aromatic heterocycles. The van der Waals surface area contributed by atoms with E-state index >= 15 is 0 Å². The van der Waals surface area contributed by atoms with Crippen LogP contribution in [-0.2, 0) is 4.79 Å². The van der Waals surface area contributed by atoms with Gasteiger partial charge in [0, 0.05) is 19.2 Å². The minimum atomic E-state index is -0.196. The highest BCUT2D eigenvalue weighted by atomic mass is 32.1. The summed E-state index contributed by atoms with van der Waals surface area (Å²) in [6.45, 7) is 0.252. The second-order valence-electron chi connectivity index (χ2n) is 6.19. The van der Waals surface area contributed by atoms with E-state index in [1.54, 1.807) is 22.6 Å². The summed E-state index contributed by atoms with van der Waals surface area (Å²) < 4.78 is 5.58. The van der Waals surface area contributed by atoms with E-state index in [2.05, 4.69) is 5.10 Å². The van der Waals surface area contributed by atoms with E-state index in [1.165, 1.54) is 0 Å². The predicted molar refractivity (Wildman–Crippen MR) is 103 cm³/mol. The van der Waals surface area contributed by atoms with Gasteiger partial charge in [-0.05, 0) is 35.7 Å². The molecule has 4 rings (SSSR count). The number of para-hydroxylation sites is 1. The minimum Gasteiger partial charge on any atom is -0.467 e. The van der Waals surface area contributed by atoms with Gasteiger partial charge in [-0.3, -0.25) is 4.79 Å². The van der Waals surface area contributed by atoms with Crippen molar-refractivity contribution in [3.05, 3.63) is 76.9 Å². The number of nitrogens with zero attached hydrogens (tertiary/aromatic N) is 3. The van der Waals surface area contributed by atoms with Crippen LogP contribution >= 0.6 is 11.3 Å². The smallest absolute Gasteiger partial charge is 0.262 e. The van der Waals surface area contributed by atoms with Crippen LogP contribution in [0.3, 0.4) is 0 Å². The van der Waals surface area contributed by atoms with Crippen molar-refractivity contribution in [1.29, 1.82) is 0 Å². The Morgan fingerprint density at radius 1 is 1.23 bits per heavy atom. The average Bonchev–Trinajstić information content (AvgIpc) is 3.42. The van der Waals surface area contributed by atoms with Crippen molar-refractivity contribution in [2.45, 2.75) is 12.5 Å². The number of thiophene rings is 1. The summed E-state index contributed by atoms with van der Waals surface area (Å²) in [7, 11) is 1.91. The van der Waals surface area contributed by atoms with Gasteiger partial charge < -0.3 is 9.32 Å². The summed E-state index contributed by atoms with van der Waals surface area (Å²) in [5.41, 5.74) is 1.93. The SMILES string of the molecule is CN(CC(=O)N1N=C(c2cccs2)CC1c1ccco1)c1ccccc1. The fraction of sp³-hybridized carbons (Fsp3) is 0.200. The lowest BCUT2D eigenvalue weighted by atomic mass is 10.1. The molecule has 6 heteroatoms. The van der Waals surface area contributed by atoms with Gasteiger partial charge in [0.05, 0.1) is 23.4 Å². The van der Waals surface area contributed by atoms with Crippen LogP contribution in [0.4, 0.5) is 5.69 Å². The third kappa shape index (κ3) is 3.28. The highest BCUT2D eigenvalue weighted by Gasteiger charge is 2.35. The van der Waals surface area contributed by atoms with E-state index in [4.69, 9.17) is 4.42 Å². The number of hydrogen-bond donors (Lipinski definition) is 0. The summed E-state index contributed by atoms with van der Waals surface area (Å²) in [5.74, 6) is 0.709. The molecule has 3 heterocycles. The molecule has 132 valence electrons. The lowest BCUT2D eigenvalue weighted by Crippen LogP contribution is -2.36. The molecule has 5 nitrogen and oxygen atoms in total. The first kappa shape index (κ1) is 16.6. The second-order valence-corrected chi connectivity index (χ2v) is 7.14.